The molecule has 4 nitrogen and oxygen atoms in total. The summed E-state index contributed by atoms with van der Waals surface area (Å²) < 4.78 is 0. The summed E-state index contributed by atoms with van der Waals surface area (Å²) in [6.45, 7) is 9.38. The van der Waals surface area contributed by atoms with E-state index in [1.54, 1.807) is 32.6 Å². The van der Waals surface area contributed by atoms with E-state index in [2.05, 4.69) is 0 Å². The summed E-state index contributed by atoms with van der Waals surface area (Å²) in [5.41, 5.74) is -0.500. The van der Waals surface area contributed by atoms with E-state index in [-0.39, 0.29) is 17.7 Å². The molecule has 1 fully saturated rings. The molecule has 0 aliphatic carbocycles. The summed E-state index contributed by atoms with van der Waals surface area (Å²) in [7, 11) is 0. The standard InChI is InChI=1S/C9H15NO2.C4H10O/c1-3-9(12)10-6-4-5-8(10)7(2)11;1-4(2,3)5/h8H,3-6H2,1-2H3;5H,1-3H3. The molecule has 0 radical (unpaired) electrons. The van der Waals surface area contributed by atoms with Crippen LogP contribution in [-0.4, -0.2) is 39.9 Å². The van der Waals surface area contributed by atoms with Gasteiger partial charge in [0.05, 0.1) is 11.6 Å². The molecule has 1 unspecified atom stereocenters. The Bertz CT molecular complexity index is 262. The van der Waals surface area contributed by atoms with Crippen molar-refractivity contribution < 1.29 is 14.7 Å². The first-order valence-corrected chi connectivity index (χ1v) is 6.19. The predicted molar refractivity (Wildman–Crippen MR) is 67.7 cm³/mol. The van der Waals surface area contributed by atoms with Crippen LogP contribution in [0.25, 0.3) is 0 Å². The maximum atomic E-state index is 11.3. The van der Waals surface area contributed by atoms with Crippen LogP contribution in [0, 0.1) is 0 Å². The molecule has 1 rings (SSSR count). The zero-order valence-corrected chi connectivity index (χ0v) is 11.6. The third-order valence-electron chi connectivity index (χ3n) is 2.34. The lowest BCUT2D eigenvalue weighted by atomic mass is 10.1. The van der Waals surface area contributed by atoms with E-state index in [4.69, 9.17) is 5.11 Å². The van der Waals surface area contributed by atoms with Crippen molar-refractivity contribution in [3.8, 4) is 0 Å². The Morgan fingerprint density at radius 1 is 1.35 bits per heavy atom. The fourth-order valence-corrected chi connectivity index (χ4v) is 1.69. The average Bonchev–Trinajstić information content (AvgIpc) is 2.62. The summed E-state index contributed by atoms with van der Waals surface area (Å²) in [5.74, 6) is 0.224. The topological polar surface area (TPSA) is 57.6 Å². The van der Waals surface area contributed by atoms with Gasteiger partial charge >= 0.3 is 0 Å². The van der Waals surface area contributed by atoms with Crippen molar-refractivity contribution in [2.75, 3.05) is 6.54 Å². The summed E-state index contributed by atoms with van der Waals surface area (Å²) >= 11 is 0. The molecule has 17 heavy (non-hydrogen) atoms. The zero-order chi connectivity index (χ0) is 13.6. The average molecular weight is 243 g/mol. The van der Waals surface area contributed by atoms with Crippen molar-refractivity contribution in [2.45, 2.75) is 65.5 Å². The summed E-state index contributed by atoms with van der Waals surface area (Å²) in [6, 6.07) is -0.127. The number of ketones is 1. The number of carbonyl (C=O) groups excluding carboxylic acids is 2. The molecule has 1 aliphatic rings. The lowest BCUT2D eigenvalue weighted by Gasteiger charge is -2.21. The van der Waals surface area contributed by atoms with Gasteiger partial charge < -0.3 is 10.0 Å². The molecule has 0 spiro atoms. The van der Waals surface area contributed by atoms with E-state index in [0.717, 1.165) is 19.4 Å². The van der Waals surface area contributed by atoms with Crippen LogP contribution < -0.4 is 0 Å². The van der Waals surface area contributed by atoms with E-state index in [1.807, 2.05) is 6.92 Å². The van der Waals surface area contributed by atoms with Gasteiger partial charge in [-0.2, -0.15) is 0 Å². The Balaban J connectivity index is 0.000000437. The number of rotatable bonds is 2. The number of hydrogen-bond acceptors (Lipinski definition) is 3. The number of hydrogen-bond donors (Lipinski definition) is 1. The van der Waals surface area contributed by atoms with Crippen LogP contribution >= 0.6 is 0 Å². The van der Waals surface area contributed by atoms with Crippen molar-refractivity contribution >= 4 is 11.7 Å². The van der Waals surface area contributed by atoms with E-state index in [1.165, 1.54) is 0 Å². The Morgan fingerprint density at radius 3 is 2.18 bits per heavy atom. The number of aliphatic hydroxyl groups is 1. The normalized spacial score (nSPS) is 19.6. The highest BCUT2D eigenvalue weighted by atomic mass is 16.3. The minimum absolute atomic E-state index is 0.104. The minimum Gasteiger partial charge on any atom is -0.391 e. The highest BCUT2D eigenvalue weighted by Crippen LogP contribution is 2.18. The molecule has 1 heterocycles. The maximum absolute atomic E-state index is 11.3. The van der Waals surface area contributed by atoms with Crippen LogP contribution in [-0.2, 0) is 9.59 Å². The fraction of sp³-hybridized carbons (Fsp3) is 0.846. The lowest BCUT2D eigenvalue weighted by Crippen LogP contribution is -2.39. The van der Waals surface area contributed by atoms with E-state index in [9.17, 15) is 9.59 Å². The fourth-order valence-electron chi connectivity index (χ4n) is 1.69. The van der Waals surface area contributed by atoms with Crippen LogP contribution in [0.1, 0.15) is 53.9 Å². The van der Waals surface area contributed by atoms with E-state index < -0.39 is 5.60 Å². The van der Waals surface area contributed by atoms with Crippen LogP contribution in [0.4, 0.5) is 0 Å². The highest BCUT2D eigenvalue weighted by Gasteiger charge is 2.30. The SMILES string of the molecule is CC(C)(C)O.CCC(=O)N1CCCC1C(C)=O. The van der Waals surface area contributed by atoms with Crippen molar-refractivity contribution in [1.82, 2.24) is 4.90 Å². The first-order valence-electron chi connectivity index (χ1n) is 6.19. The van der Waals surface area contributed by atoms with Crippen LogP contribution in [0.2, 0.25) is 0 Å². The van der Waals surface area contributed by atoms with Crippen LogP contribution in [0.5, 0.6) is 0 Å². The smallest absolute Gasteiger partial charge is 0.222 e. The quantitative estimate of drug-likeness (QED) is 0.804. The Labute approximate surface area is 104 Å². The van der Waals surface area contributed by atoms with Crippen molar-refractivity contribution in [3.63, 3.8) is 0 Å². The van der Waals surface area contributed by atoms with Gasteiger partial charge in [0.15, 0.2) is 5.78 Å². The number of amides is 1. The maximum Gasteiger partial charge on any atom is 0.222 e. The number of carbonyl (C=O) groups is 2. The Kier molecular flexibility index (Phi) is 6.39. The van der Waals surface area contributed by atoms with Crippen LogP contribution in [0.15, 0.2) is 0 Å². The van der Waals surface area contributed by atoms with Gasteiger partial charge in [-0.3, -0.25) is 9.59 Å². The van der Waals surface area contributed by atoms with Gasteiger partial charge in [0.2, 0.25) is 5.91 Å². The molecule has 100 valence electrons. The number of nitrogens with zero attached hydrogens (tertiary/aromatic N) is 1. The van der Waals surface area contributed by atoms with E-state index in [0.29, 0.717) is 6.42 Å². The van der Waals surface area contributed by atoms with Crippen molar-refractivity contribution in [2.24, 2.45) is 0 Å². The monoisotopic (exact) mass is 243 g/mol. The molecule has 0 bridgehead atoms. The number of likely N-dealkylation sites (tertiary alicyclic amines) is 1. The predicted octanol–water partition coefficient (Wildman–Crippen LogP) is 1.75. The molecule has 1 N–H and O–H groups in total. The van der Waals surface area contributed by atoms with Gasteiger partial charge in [-0.1, -0.05) is 6.92 Å². The molecule has 1 atom stereocenters. The molecule has 0 aromatic carbocycles. The summed E-state index contributed by atoms with van der Waals surface area (Å²) in [4.78, 5) is 24.1. The molecule has 0 aromatic rings. The third kappa shape index (κ3) is 7.10. The van der Waals surface area contributed by atoms with Gasteiger partial charge in [0, 0.05) is 13.0 Å². The largest absolute Gasteiger partial charge is 0.391 e. The van der Waals surface area contributed by atoms with Gasteiger partial charge in [-0.15, -0.1) is 0 Å². The van der Waals surface area contributed by atoms with Gasteiger partial charge in [0.1, 0.15) is 0 Å². The van der Waals surface area contributed by atoms with Gasteiger partial charge in [-0.05, 0) is 40.5 Å². The molecule has 0 aromatic heterocycles. The molecule has 1 amide bonds. The first-order chi connectivity index (χ1) is 7.66. The Morgan fingerprint density at radius 2 is 1.82 bits per heavy atom. The zero-order valence-electron chi connectivity index (χ0n) is 11.6. The van der Waals surface area contributed by atoms with Crippen molar-refractivity contribution in [1.29, 1.82) is 0 Å². The third-order valence-corrected chi connectivity index (χ3v) is 2.34. The molecular formula is C13H25NO3. The van der Waals surface area contributed by atoms with Crippen molar-refractivity contribution in [3.05, 3.63) is 0 Å². The minimum atomic E-state index is -0.500. The summed E-state index contributed by atoms with van der Waals surface area (Å²) in [6.07, 6.45) is 2.32. The second kappa shape index (κ2) is 6.74. The highest BCUT2D eigenvalue weighted by molar-refractivity contribution is 5.87. The second-order valence-electron chi connectivity index (χ2n) is 5.38. The first kappa shape index (κ1) is 16.1. The molecule has 1 aliphatic heterocycles. The molecule has 0 saturated carbocycles. The second-order valence-corrected chi connectivity index (χ2v) is 5.38. The summed E-state index contributed by atoms with van der Waals surface area (Å²) in [5, 5.41) is 8.52. The molecular weight excluding hydrogens is 218 g/mol. The Hall–Kier alpha value is -0.900. The molecule has 4 heteroatoms. The van der Waals surface area contributed by atoms with Gasteiger partial charge in [0.25, 0.3) is 0 Å². The van der Waals surface area contributed by atoms with Gasteiger partial charge in [-0.25, -0.2) is 0 Å². The van der Waals surface area contributed by atoms with E-state index >= 15 is 0 Å². The van der Waals surface area contributed by atoms with Crippen LogP contribution in [0.3, 0.4) is 0 Å². The number of Topliss-reactive ketones (excluding diaryl/α,β-unsaturated/α-hetero) is 1. The lowest BCUT2D eigenvalue weighted by molar-refractivity contribution is -0.136. The molecule has 1 saturated heterocycles.